The molecule has 1 saturated heterocycles. The monoisotopic (exact) mass is 199 g/mol. The summed E-state index contributed by atoms with van der Waals surface area (Å²) in [6.45, 7) is 4.46. The zero-order valence-corrected chi connectivity index (χ0v) is 8.71. The van der Waals surface area contributed by atoms with Crippen molar-refractivity contribution < 1.29 is 14.3 Å². The maximum atomic E-state index is 11.3. The highest BCUT2D eigenvalue weighted by atomic mass is 16.5. The van der Waals surface area contributed by atoms with Gasteiger partial charge in [-0.2, -0.15) is 0 Å². The van der Waals surface area contributed by atoms with Gasteiger partial charge in [0.2, 0.25) is 5.91 Å². The largest absolute Gasteiger partial charge is 0.463 e. The minimum Gasteiger partial charge on any atom is -0.463 e. The van der Waals surface area contributed by atoms with E-state index in [4.69, 9.17) is 4.74 Å². The van der Waals surface area contributed by atoms with Crippen LogP contribution in [0.25, 0.3) is 0 Å². The average Bonchev–Trinajstić information content (AvgIpc) is 2.08. The Bertz CT molecular complexity index is 225. The van der Waals surface area contributed by atoms with Crippen LogP contribution in [0.2, 0.25) is 0 Å². The number of carbonyl (C=O) groups is 2. The second kappa shape index (κ2) is 4.98. The second-order valence-corrected chi connectivity index (χ2v) is 4.08. The third-order valence-corrected chi connectivity index (χ3v) is 2.12. The van der Waals surface area contributed by atoms with E-state index in [1.807, 2.05) is 0 Å². The number of cyclic esters (lactones) is 1. The van der Waals surface area contributed by atoms with Crippen molar-refractivity contribution in [3.8, 4) is 0 Å². The van der Waals surface area contributed by atoms with Crippen molar-refractivity contribution in [3.63, 3.8) is 0 Å². The van der Waals surface area contributed by atoms with Crippen LogP contribution in [0.5, 0.6) is 0 Å². The molecular weight excluding hydrogens is 182 g/mol. The lowest BCUT2D eigenvalue weighted by Gasteiger charge is -2.22. The Morgan fingerprint density at radius 2 is 2.14 bits per heavy atom. The summed E-state index contributed by atoms with van der Waals surface area (Å²) in [6, 6.07) is -0.0215. The number of rotatable bonds is 2. The molecule has 1 aliphatic heterocycles. The lowest BCUT2D eigenvalue weighted by molar-refractivity contribution is -0.148. The molecule has 1 N–H and O–H groups in total. The van der Waals surface area contributed by atoms with Crippen LogP contribution in [0.3, 0.4) is 0 Å². The Morgan fingerprint density at radius 1 is 1.43 bits per heavy atom. The standard InChI is InChI=1S/C10H17NO3/c1-7(2)5-8-6-14-10(13)4-3-9(12)11-8/h7-8H,3-6H2,1-2H3,(H,11,12). The number of amides is 1. The van der Waals surface area contributed by atoms with Gasteiger partial charge in [0.1, 0.15) is 6.61 Å². The van der Waals surface area contributed by atoms with Crippen LogP contribution in [0.4, 0.5) is 0 Å². The van der Waals surface area contributed by atoms with Crippen molar-refractivity contribution in [2.75, 3.05) is 6.61 Å². The summed E-state index contributed by atoms with van der Waals surface area (Å²) >= 11 is 0. The Morgan fingerprint density at radius 3 is 2.79 bits per heavy atom. The summed E-state index contributed by atoms with van der Waals surface area (Å²) < 4.78 is 4.99. The van der Waals surface area contributed by atoms with E-state index in [9.17, 15) is 9.59 Å². The number of carbonyl (C=O) groups excluding carboxylic acids is 2. The van der Waals surface area contributed by atoms with Crippen molar-refractivity contribution >= 4 is 11.9 Å². The SMILES string of the molecule is CC(C)CC1COC(=O)CCC(=O)N1. The van der Waals surface area contributed by atoms with Gasteiger partial charge in [-0.3, -0.25) is 9.59 Å². The van der Waals surface area contributed by atoms with Gasteiger partial charge >= 0.3 is 5.97 Å². The molecule has 1 amide bonds. The number of hydrogen-bond acceptors (Lipinski definition) is 3. The van der Waals surface area contributed by atoms with E-state index in [0.29, 0.717) is 12.5 Å². The molecule has 0 radical (unpaired) electrons. The highest BCUT2D eigenvalue weighted by Gasteiger charge is 2.20. The van der Waals surface area contributed by atoms with E-state index in [1.54, 1.807) is 0 Å². The van der Waals surface area contributed by atoms with E-state index in [0.717, 1.165) is 6.42 Å². The summed E-state index contributed by atoms with van der Waals surface area (Å²) in [7, 11) is 0. The summed E-state index contributed by atoms with van der Waals surface area (Å²) in [4.78, 5) is 22.3. The molecule has 0 aromatic heterocycles. The molecule has 0 aromatic rings. The van der Waals surface area contributed by atoms with E-state index in [-0.39, 0.29) is 30.8 Å². The first-order chi connectivity index (χ1) is 6.58. The fourth-order valence-corrected chi connectivity index (χ4v) is 1.52. The van der Waals surface area contributed by atoms with Crippen LogP contribution in [0.1, 0.15) is 33.1 Å². The zero-order valence-electron chi connectivity index (χ0n) is 8.71. The van der Waals surface area contributed by atoms with Gasteiger partial charge in [-0.1, -0.05) is 13.8 Å². The van der Waals surface area contributed by atoms with Gasteiger partial charge in [0.25, 0.3) is 0 Å². The van der Waals surface area contributed by atoms with Crippen molar-refractivity contribution in [2.24, 2.45) is 5.92 Å². The predicted molar refractivity (Wildman–Crippen MR) is 51.6 cm³/mol. The molecule has 1 atom stereocenters. The molecule has 4 heteroatoms. The van der Waals surface area contributed by atoms with E-state index < -0.39 is 0 Å². The van der Waals surface area contributed by atoms with Crippen molar-refractivity contribution in [3.05, 3.63) is 0 Å². The second-order valence-electron chi connectivity index (χ2n) is 4.08. The number of hydrogen-bond donors (Lipinski definition) is 1. The van der Waals surface area contributed by atoms with Crippen LogP contribution in [0, 0.1) is 5.92 Å². The van der Waals surface area contributed by atoms with Gasteiger partial charge in [-0.25, -0.2) is 0 Å². The molecule has 1 heterocycles. The fourth-order valence-electron chi connectivity index (χ4n) is 1.52. The maximum absolute atomic E-state index is 11.3. The molecule has 0 aliphatic carbocycles. The van der Waals surface area contributed by atoms with E-state index in [2.05, 4.69) is 19.2 Å². The first kappa shape index (κ1) is 11.0. The van der Waals surface area contributed by atoms with Crippen LogP contribution in [-0.2, 0) is 14.3 Å². The molecule has 1 rings (SSSR count). The van der Waals surface area contributed by atoms with Gasteiger partial charge in [0.05, 0.1) is 12.5 Å². The molecule has 1 unspecified atom stereocenters. The minimum atomic E-state index is -0.270. The molecule has 80 valence electrons. The summed E-state index contributed by atoms with van der Waals surface area (Å²) in [5.74, 6) is 0.166. The van der Waals surface area contributed by atoms with Crippen LogP contribution in [-0.4, -0.2) is 24.5 Å². The molecule has 0 saturated carbocycles. The number of ether oxygens (including phenoxy) is 1. The lowest BCUT2D eigenvalue weighted by atomic mass is 10.0. The number of esters is 1. The van der Waals surface area contributed by atoms with Crippen LogP contribution >= 0.6 is 0 Å². The van der Waals surface area contributed by atoms with Crippen LogP contribution < -0.4 is 5.32 Å². The quantitative estimate of drug-likeness (QED) is 0.671. The summed E-state index contributed by atoms with van der Waals surface area (Å²) in [6.07, 6.45) is 1.28. The lowest BCUT2D eigenvalue weighted by Crippen LogP contribution is -2.41. The molecule has 4 nitrogen and oxygen atoms in total. The first-order valence-electron chi connectivity index (χ1n) is 5.03. The normalized spacial score (nSPS) is 23.8. The summed E-state index contributed by atoms with van der Waals surface area (Å²) in [5.41, 5.74) is 0. The maximum Gasteiger partial charge on any atom is 0.306 e. The van der Waals surface area contributed by atoms with E-state index >= 15 is 0 Å². The highest BCUT2D eigenvalue weighted by Crippen LogP contribution is 2.08. The average molecular weight is 199 g/mol. The fraction of sp³-hybridized carbons (Fsp3) is 0.800. The topological polar surface area (TPSA) is 55.4 Å². The van der Waals surface area contributed by atoms with Gasteiger partial charge in [0.15, 0.2) is 0 Å². The molecule has 0 bridgehead atoms. The van der Waals surface area contributed by atoms with Gasteiger partial charge < -0.3 is 10.1 Å². The van der Waals surface area contributed by atoms with Crippen molar-refractivity contribution in [1.82, 2.24) is 5.32 Å². The van der Waals surface area contributed by atoms with Crippen molar-refractivity contribution in [1.29, 1.82) is 0 Å². The highest BCUT2D eigenvalue weighted by molar-refractivity contribution is 5.82. The molecule has 0 aromatic carbocycles. The molecule has 14 heavy (non-hydrogen) atoms. The first-order valence-corrected chi connectivity index (χ1v) is 5.03. The van der Waals surface area contributed by atoms with Crippen molar-refractivity contribution in [2.45, 2.75) is 39.2 Å². The predicted octanol–water partition coefficient (Wildman–Crippen LogP) is 0.854. The van der Waals surface area contributed by atoms with E-state index in [1.165, 1.54) is 0 Å². The minimum absolute atomic E-state index is 0.0215. The Balaban J connectivity index is 2.48. The summed E-state index contributed by atoms with van der Waals surface area (Å²) in [5, 5.41) is 2.85. The Labute approximate surface area is 84.0 Å². The third-order valence-electron chi connectivity index (χ3n) is 2.12. The Kier molecular flexibility index (Phi) is 3.92. The van der Waals surface area contributed by atoms with Gasteiger partial charge in [0, 0.05) is 6.42 Å². The molecule has 1 aliphatic rings. The molecular formula is C10H17NO3. The number of nitrogens with one attached hydrogen (secondary N) is 1. The van der Waals surface area contributed by atoms with Gasteiger partial charge in [-0.05, 0) is 12.3 Å². The van der Waals surface area contributed by atoms with Gasteiger partial charge in [-0.15, -0.1) is 0 Å². The zero-order chi connectivity index (χ0) is 10.6. The van der Waals surface area contributed by atoms with Crippen LogP contribution in [0.15, 0.2) is 0 Å². The molecule has 0 spiro atoms. The molecule has 1 fully saturated rings. The Hall–Kier alpha value is -1.06. The third kappa shape index (κ3) is 3.77. The smallest absolute Gasteiger partial charge is 0.306 e.